The van der Waals surface area contributed by atoms with E-state index in [1.807, 2.05) is 0 Å². The smallest absolute Gasteiger partial charge is 0.244 e. The molecule has 1 aromatic carbocycles. The van der Waals surface area contributed by atoms with Gasteiger partial charge in [-0.15, -0.1) is 0 Å². The molecule has 1 fully saturated rings. The van der Waals surface area contributed by atoms with E-state index >= 15 is 0 Å². The number of nitrogen functional groups attached to an aromatic ring is 1. The molecule has 3 N–H and O–H groups in total. The van der Waals surface area contributed by atoms with Crippen LogP contribution >= 0.6 is 0 Å². The Hall–Kier alpha value is -1.93. The lowest BCUT2D eigenvalue weighted by molar-refractivity contribution is -0.136. The Balaban J connectivity index is 2.57. The average molecular weight is 311 g/mol. The molecule has 1 aliphatic rings. The lowest BCUT2D eigenvalue weighted by Crippen LogP contribution is -2.58. The first kappa shape index (κ1) is 15.5. The number of benzene rings is 1. The lowest BCUT2D eigenvalue weighted by atomic mass is 10.1. The van der Waals surface area contributed by atoms with Crippen LogP contribution in [0.3, 0.4) is 0 Å². The topological polar surface area (TPSA) is 110 Å². The van der Waals surface area contributed by atoms with Gasteiger partial charge in [0.25, 0.3) is 0 Å². The van der Waals surface area contributed by atoms with Gasteiger partial charge < -0.3 is 5.73 Å². The Morgan fingerprint density at radius 1 is 1.29 bits per heavy atom. The molecule has 1 saturated heterocycles. The van der Waals surface area contributed by atoms with Crippen LogP contribution in [0, 0.1) is 13.8 Å². The Kier molecular flexibility index (Phi) is 3.77. The van der Waals surface area contributed by atoms with Crippen LogP contribution in [-0.4, -0.2) is 37.1 Å². The first-order valence-electron chi connectivity index (χ1n) is 6.37. The second-order valence-electron chi connectivity index (χ2n) is 5.12. The first-order chi connectivity index (χ1) is 9.64. The number of sulfonamides is 1. The summed E-state index contributed by atoms with van der Waals surface area (Å²) in [6.45, 7) is 4.38. The number of piperazine rings is 1. The molecule has 7 nitrogen and oxygen atoms in total. The molecule has 0 saturated carbocycles. The van der Waals surface area contributed by atoms with Crippen LogP contribution in [0.5, 0.6) is 0 Å². The number of amides is 2. The summed E-state index contributed by atoms with van der Waals surface area (Å²) in [5, 5.41) is 2.11. The van der Waals surface area contributed by atoms with Gasteiger partial charge in [0.15, 0.2) is 0 Å². The van der Waals surface area contributed by atoms with Gasteiger partial charge in [-0.25, -0.2) is 8.42 Å². The van der Waals surface area contributed by atoms with Crippen LogP contribution in [0.4, 0.5) is 5.69 Å². The second kappa shape index (κ2) is 5.12. The number of carbonyl (C=O) groups is 2. The molecular formula is C13H17N3O4S. The Labute approximate surface area is 123 Å². The zero-order chi connectivity index (χ0) is 15.9. The van der Waals surface area contributed by atoms with Gasteiger partial charge in [0.1, 0.15) is 6.04 Å². The van der Waals surface area contributed by atoms with E-state index in [-0.39, 0.29) is 11.4 Å². The zero-order valence-corrected chi connectivity index (χ0v) is 12.8. The molecule has 114 valence electrons. The molecule has 2 rings (SSSR count). The van der Waals surface area contributed by atoms with E-state index < -0.39 is 27.9 Å². The predicted octanol–water partition coefficient (Wildman–Crippen LogP) is -0.0788. The number of hydrogen-bond donors (Lipinski definition) is 2. The van der Waals surface area contributed by atoms with Gasteiger partial charge in [-0.2, -0.15) is 4.31 Å². The van der Waals surface area contributed by atoms with Crippen molar-refractivity contribution in [2.24, 2.45) is 0 Å². The highest BCUT2D eigenvalue weighted by molar-refractivity contribution is 7.89. The number of imide groups is 1. The molecule has 0 spiro atoms. The second-order valence-corrected chi connectivity index (χ2v) is 6.97. The first-order valence-corrected chi connectivity index (χ1v) is 7.81. The fraction of sp³-hybridized carbons (Fsp3) is 0.385. The SMILES string of the molecule is Cc1cc(N)c(C)c(S(=O)(=O)N2CC(=O)NC(=O)C2C)c1. The van der Waals surface area contributed by atoms with E-state index in [1.165, 1.54) is 13.0 Å². The third-order valence-corrected chi connectivity index (χ3v) is 5.55. The van der Waals surface area contributed by atoms with Crippen molar-refractivity contribution in [3.63, 3.8) is 0 Å². The quantitative estimate of drug-likeness (QED) is 0.586. The minimum absolute atomic E-state index is 0.0225. The highest BCUT2D eigenvalue weighted by Gasteiger charge is 2.39. The van der Waals surface area contributed by atoms with Crippen LogP contribution < -0.4 is 11.1 Å². The highest BCUT2D eigenvalue weighted by atomic mass is 32.2. The minimum atomic E-state index is -3.98. The molecule has 8 heteroatoms. The summed E-state index contributed by atoms with van der Waals surface area (Å²) in [5.74, 6) is -1.27. The number of carbonyl (C=O) groups excluding carboxylic acids is 2. The molecule has 1 atom stereocenters. The van der Waals surface area contributed by atoms with Crippen molar-refractivity contribution in [1.29, 1.82) is 0 Å². The molecule has 2 amide bonds. The van der Waals surface area contributed by atoms with Gasteiger partial charge >= 0.3 is 0 Å². The van der Waals surface area contributed by atoms with E-state index in [4.69, 9.17) is 5.73 Å². The van der Waals surface area contributed by atoms with Crippen LogP contribution in [0.15, 0.2) is 17.0 Å². The molecule has 21 heavy (non-hydrogen) atoms. The van der Waals surface area contributed by atoms with E-state index in [0.29, 0.717) is 16.8 Å². The summed E-state index contributed by atoms with van der Waals surface area (Å²) in [6.07, 6.45) is 0. The van der Waals surface area contributed by atoms with Crippen molar-refractivity contribution < 1.29 is 18.0 Å². The molecule has 0 bridgehead atoms. The fourth-order valence-electron chi connectivity index (χ4n) is 2.23. The third kappa shape index (κ3) is 2.64. The Morgan fingerprint density at radius 3 is 2.52 bits per heavy atom. The molecule has 1 unspecified atom stereocenters. The van der Waals surface area contributed by atoms with Gasteiger partial charge in [-0.05, 0) is 44.0 Å². The molecular weight excluding hydrogens is 294 g/mol. The van der Waals surface area contributed by atoms with Crippen molar-refractivity contribution in [2.75, 3.05) is 12.3 Å². The van der Waals surface area contributed by atoms with Crippen molar-refractivity contribution >= 4 is 27.5 Å². The monoisotopic (exact) mass is 311 g/mol. The maximum atomic E-state index is 12.8. The van der Waals surface area contributed by atoms with E-state index in [2.05, 4.69) is 5.32 Å². The van der Waals surface area contributed by atoms with E-state index in [9.17, 15) is 18.0 Å². The summed E-state index contributed by atoms with van der Waals surface area (Å²) in [6, 6.07) is 2.21. The van der Waals surface area contributed by atoms with Crippen LogP contribution in [0.25, 0.3) is 0 Å². The van der Waals surface area contributed by atoms with Gasteiger partial charge in [0.05, 0.1) is 11.4 Å². The molecule has 0 aromatic heterocycles. The van der Waals surface area contributed by atoms with Crippen molar-refractivity contribution in [3.05, 3.63) is 23.3 Å². The number of anilines is 1. The normalized spacial score (nSPS) is 20.4. The zero-order valence-electron chi connectivity index (χ0n) is 12.0. The van der Waals surface area contributed by atoms with Crippen LogP contribution in [0.1, 0.15) is 18.1 Å². The molecule has 1 heterocycles. The van der Waals surface area contributed by atoms with E-state index in [0.717, 1.165) is 4.31 Å². The van der Waals surface area contributed by atoms with E-state index in [1.54, 1.807) is 19.9 Å². The Bertz CT molecular complexity index is 727. The van der Waals surface area contributed by atoms with Crippen LogP contribution in [0.2, 0.25) is 0 Å². The van der Waals surface area contributed by atoms with Crippen molar-refractivity contribution in [3.8, 4) is 0 Å². The number of hydrogen-bond acceptors (Lipinski definition) is 5. The Morgan fingerprint density at radius 2 is 1.90 bits per heavy atom. The van der Waals surface area contributed by atoms with Gasteiger partial charge in [0, 0.05) is 5.69 Å². The highest BCUT2D eigenvalue weighted by Crippen LogP contribution is 2.27. The van der Waals surface area contributed by atoms with Crippen LogP contribution in [-0.2, 0) is 19.6 Å². The summed E-state index contributed by atoms with van der Waals surface area (Å²) < 4.78 is 26.4. The third-order valence-electron chi connectivity index (χ3n) is 3.50. The van der Waals surface area contributed by atoms with Gasteiger partial charge in [-0.3, -0.25) is 14.9 Å². The number of nitrogens with zero attached hydrogens (tertiary/aromatic N) is 1. The number of aryl methyl sites for hydroxylation is 1. The number of nitrogens with one attached hydrogen (secondary N) is 1. The van der Waals surface area contributed by atoms with Crippen molar-refractivity contribution in [2.45, 2.75) is 31.7 Å². The standard InChI is InChI=1S/C13H17N3O4S/c1-7-4-10(14)8(2)11(5-7)21(19,20)16-6-12(17)15-13(18)9(16)3/h4-5,9H,6,14H2,1-3H3,(H,15,17,18). The predicted molar refractivity (Wildman–Crippen MR) is 76.8 cm³/mol. The van der Waals surface area contributed by atoms with Crippen molar-refractivity contribution in [1.82, 2.24) is 9.62 Å². The van der Waals surface area contributed by atoms with Gasteiger partial charge in [0.2, 0.25) is 21.8 Å². The average Bonchev–Trinajstić information content (AvgIpc) is 2.37. The maximum Gasteiger partial charge on any atom is 0.244 e. The summed E-state index contributed by atoms with van der Waals surface area (Å²) in [7, 11) is -3.98. The molecule has 1 aromatic rings. The summed E-state index contributed by atoms with van der Waals surface area (Å²) in [4.78, 5) is 23.1. The number of nitrogens with two attached hydrogens (primary N) is 1. The lowest BCUT2D eigenvalue weighted by Gasteiger charge is -2.31. The number of rotatable bonds is 2. The summed E-state index contributed by atoms with van der Waals surface area (Å²) in [5.41, 5.74) is 7.26. The molecule has 0 radical (unpaired) electrons. The minimum Gasteiger partial charge on any atom is -0.398 e. The van der Waals surface area contributed by atoms with Gasteiger partial charge in [-0.1, -0.05) is 0 Å². The molecule has 1 aliphatic heterocycles. The summed E-state index contributed by atoms with van der Waals surface area (Å²) >= 11 is 0. The largest absolute Gasteiger partial charge is 0.398 e. The maximum absolute atomic E-state index is 12.8. The molecule has 0 aliphatic carbocycles. The fourth-order valence-corrected chi connectivity index (χ4v) is 4.12.